The third kappa shape index (κ3) is 3.03. The molecule has 4 rings (SSSR count). The first-order valence-corrected chi connectivity index (χ1v) is 9.40. The van der Waals surface area contributed by atoms with Crippen LogP contribution in [0.25, 0.3) is 22.8 Å². The smallest absolute Gasteiger partial charge is 0.181 e. The molecule has 0 atom stereocenters. The molecule has 0 saturated carbocycles. The Labute approximate surface area is 158 Å². The van der Waals surface area contributed by atoms with Gasteiger partial charge in [-0.2, -0.15) is 5.10 Å². The second kappa shape index (κ2) is 6.65. The van der Waals surface area contributed by atoms with Crippen LogP contribution in [0.1, 0.15) is 49.0 Å². The van der Waals surface area contributed by atoms with Gasteiger partial charge in [-0.3, -0.25) is 9.89 Å². The van der Waals surface area contributed by atoms with Crippen molar-refractivity contribution in [1.82, 2.24) is 15.2 Å². The predicted octanol–water partition coefficient (Wildman–Crippen LogP) is 4.97. The number of hydrogen-bond donors (Lipinski definition) is 1. The van der Waals surface area contributed by atoms with Crippen molar-refractivity contribution in [1.29, 1.82) is 0 Å². The maximum atomic E-state index is 12.7. The molecule has 0 spiro atoms. The lowest BCUT2D eigenvalue weighted by Crippen LogP contribution is -2.40. The van der Waals surface area contributed by atoms with Crippen molar-refractivity contribution in [3.63, 3.8) is 0 Å². The standard InChI is InChI=1S/C22H23N3O2/c1-4-22(5-2)13-18(26)17-12-15(10-11-19(17)27-22)20-23-21(25-24-20)16-9-7-6-8-14(16)3/h6-12H,4-5,13H2,1-3H3,(H,23,24,25). The first kappa shape index (κ1) is 17.5. The summed E-state index contributed by atoms with van der Waals surface area (Å²) in [6, 6.07) is 13.7. The Hall–Kier alpha value is -2.95. The van der Waals surface area contributed by atoms with Crippen molar-refractivity contribution in [3.05, 3.63) is 53.6 Å². The Morgan fingerprint density at radius 3 is 2.63 bits per heavy atom. The summed E-state index contributed by atoms with van der Waals surface area (Å²) in [6.07, 6.45) is 2.05. The molecule has 0 aliphatic carbocycles. The summed E-state index contributed by atoms with van der Waals surface area (Å²) in [7, 11) is 0. The zero-order valence-corrected chi connectivity index (χ0v) is 15.9. The van der Waals surface area contributed by atoms with E-state index in [9.17, 15) is 4.79 Å². The van der Waals surface area contributed by atoms with Crippen molar-refractivity contribution in [2.45, 2.75) is 45.6 Å². The summed E-state index contributed by atoms with van der Waals surface area (Å²) >= 11 is 0. The van der Waals surface area contributed by atoms with E-state index >= 15 is 0 Å². The summed E-state index contributed by atoms with van der Waals surface area (Å²) in [5.74, 6) is 2.09. The van der Waals surface area contributed by atoms with E-state index in [0.29, 0.717) is 29.4 Å². The maximum Gasteiger partial charge on any atom is 0.181 e. The predicted molar refractivity (Wildman–Crippen MR) is 105 cm³/mol. The van der Waals surface area contributed by atoms with Gasteiger partial charge in [-0.1, -0.05) is 38.1 Å². The van der Waals surface area contributed by atoms with E-state index in [4.69, 9.17) is 4.74 Å². The second-order valence-electron chi connectivity index (χ2n) is 7.13. The molecule has 0 saturated heterocycles. The van der Waals surface area contributed by atoms with Crippen LogP contribution in [0.5, 0.6) is 5.75 Å². The fourth-order valence-corrected chi connectivity index (χ4v) is 3.62. The molecule has 0 amide bonds. The number of hydrogen-bond acceptors (Lipinski definition) is 4. The van der Waals surface area contributed by atoms with Crippen molar-refractivity contribution in [2.75, 3.05) is 0 Å². The van der Waals surface area contributed by atoms with E-state index in [1.54, 1.807) is 0 Å². The van der Waals surface area contributed by atoms with Crippen LogP contribution in [0.2, 0.25) is 0 Å². The van der Waals surface area contributed by atoms with E-state index in [2.05, 4.69) is 29.0 Å². The van der Waals surface area contributed by atoms with Gasteiger partial charge in [0.2, 0.25) is 0 Å². The van der Waals surface area contributed by atoms with E-state index in [-0.39, 0.29) is 11.4 Å². The van der Waals surface area contributed by atoms with E-state index in [0.717, 1.165) is 29.5 Å². The maximum absolute atomic E-state index is 12.7. The number of ether oxygens (including phenoxy) is 1. The number of aromatic amines is 1. The van der Waals surface area contributed by atoms with Crippen molar-refractivity contribution >= 4 is 5.78 Å². The van der Waals surface area contributed by atoms with Crippen molar-refractivity contribution < 1.29 is 9.53 Å². The molecule has 1 aliphatic heterocycles. The molecule has 1 N–H and O–H groups in total. The van der Waals surface area contributed by atoms with Gasteiger partial charge in [0.15, 0.2) is 17.4 Å². The molecule has 138 valence electrons. The first-order chi connectivity index (χ1) is 13.0. The molecule has 0 bridgehead atoms. The van der Waals surface area contributed by atoms with Crippen LogP contribution < -0.4 is 4.74 Å². The molecule has 3 aromatic rings. The highest BCUT2D eigenvalue weighted by atomic mass is 16.5. The molecular weight excluding hydrogens is 338 g/mol. The zero-order valence-electron chi connectivity index (χ0n) is 15.9. The molecule has 0 radical (unpaired) electrons. The second-order valence-corrected chi connectivity index (χ2v) is 7.13. The number of carbonyl (C=O) groups is 1. The summed E-state index contributed by atoms with van der Waals surface area (Å²) in [6.45, 7) is 6.17. The fourth-order valence-electron chi connectivity index (χ4n) is 3.62. The third-order valence-corrected chi connectivity index (χ3v) is 5.52. The molecule has 1 aliphatic rings. The molecule has 27 heavy (non-hydrogen) atoms. The van der Waals surface area contributed by atoms with Gasteiger partial charge >= 0.3 is 0 Å². The summed E-state index contributed by atoms with van der Waals surface area (Å²) < 4.78 is 6.20. The molecular formula is C22H23N3O2. The van der Waals surface area contributed by atoms with Crippen LogP contribution in [0, 0.1) is 6.92 Å². The molecule has 0 fully saturated rings. The quantitative estimate of drug-likeness (QED) is 0.712. The lowest BCUT2D eigenvalue weighted by molar-refractivity contribution is 0.0350. The largest absolute Gasteiger partial charge is 0.486 e. The van der Waals surface area contributed by atoms with Gasteiger partial charge in [0, 0.05) is 11.1 Å². The first-order valence-electron chi connectivity index (χ1n) is 9.40. The highest BCUT2D eigenvalue weighted by Gasteiger charge is 2.37. The van der Waals surface area contributed by atoms with Crippen molar-refractivity contribution in [2.24, 2.45) is 0 Å². The minimum Gasteiger partial charge on any atom is -0.486 e. The summed E-state index contributed by atoms with van der Waals surface area (Å²) in [4.78, 5) is 17.4. The van der Waals surface area contributed by atoms with E-state index in [1.165, 1.54) is 0 Å². The summed E-state index contributed by atoms with van der Waals surface area (Å²) in [5, 5.41) is 7.35. The SMILES string of the molecule is CCC1(CC)CC(=O)c2cc(-c3nc(-c4ccccc4C)n[nH]3)ccc2O1. The van der Waals surface area contributed by atoms with Gasteiger partial charge in [-0.05, 0) is 43.5 Å². The lowest BCUT2D eigenvalue weighted by atomic mass is 9.85. The Morgan fingerprint density at radius 1 is 1.11 bits per heavy atom. The zero-order chi connectivity index (χ0) is 19.0. The Bertz CT molecular complexity index is 1000. The van der Waals surface area contributed by atoms with Gasteiger partial charge in [0.1, 0.15) is 11.4 Å². The minimum absolute atomic E-state index is 0.125. The minimum atomic E-state index is -0.379. The highest BCUT2D eigenvalue weighted by Crippen LogP contribution is 2.38. The van der Waals surface area contributed by atoms with Gasteiger partial charge in [-0.15, -0.1) is 0 Å². The van der Waals surface area contributed by atoms with E-state index in [1.807, 2.05) is 49.4 Å². The van der Waals surface area contributed by atoms with Gasteiger partial charge in [-0.25, -0.2) is 4.98 Å². The highest BCUT2D eigenvalue weighted by molar-refractivity contribution is 6.01. The number of carbonyl (C=O) groups excluding carboxylic acids is 1. The number of fused-ring (bicyclic) bond motifs is 1. The van der Waals surface area contributed by atoms with Crippen LogP contribution in [-0.4, -0.2) is 26.6 Å². The number of rotatable bonds is 4. The lowest BCUT2D eigenvalue weighted by Gasteiger charge is -2.36. The average molecular weight is 361 g/mol. The summed E-state index contributed by atoms with van der Waals surface area (Å²) in [5.41, 5.74) is 3.19. The molecule has 2 heterocycles. The molecule has 1 aromatic heterocycles. The number of aromatic nitrogens is 3. The number of ketones is 1. The Kier molecular flexibility index (Phi) is 4.30. The Balaban J connectivity index is 1.69. The van der Waals surface area contributed by atoms with Crippen LogP contribution in [0.4, 0.5) is 0 Å². The number of Topliss-reactive ketones (excluding diaryl/α,β-unsaturated/α-hetero) is 1. The number of benzene rings is 2. The van der Waals surface area contributed by atoms with Crippen LogP contribution >= 0.6 is 0 Å². The van der Waals surface area contributed by atoms with E-state index < -0.39 is 0 Å². The van der Waals surface area contributed by atoms with Crippen LogP contribution in [0.15, 0.2) is 42.5 Å². The van der Waals surface area contributed by atoms with Gasteiger partial charge < -0.3 is 4.74 Å². The Morgan fingerprint density at radius 2 is 1.89 bits per heavy atom. The van der Waals surface area contributed by atoms with Gasteiger partial charge in [0.25, 0.3) is 0 Å². The van der Waals surface area contributed by atoms with Crippen LogP contribution in [0.3, 0.4) is 0 Å². The van der Waals surface area contributed by atoms with Crippen molar-refractivity contribution in [3.8, 4) is 28.5 Å². The third-order valence-electron chi connectivity index (χ3n) is 5.52. The van der Waals surface area contributed by atoms with Gasteiger partial charge in [0.05, 0.1) is 12.0 Å². The topological polar surface area (TPSA) is 67.9 Å². The average Bonchev–Trinajstić information content (AvgIpc) is 3.18. The number of nitrogens with one attached hydrogen (secondary N) is 1. The molecule has 2 aromatic carbocycles. The number of nitrogens with zero attached hydrogens (tertiary/aromatic N) is 2. The number of aryl methyl sites for hydroxylation is 1. The normalized spacial score (nSPS) is 15.3. The molecule has 0 unspecified atom stereocenters. The number of H-pyrrole nitrogens is 1. The van der Waals surface area contributed by atoms with Crippen LogP contribution in [-0.2, 0) is 0 Å². The molecule has 5 nitrogen and oxygen atoms in total. The monoisotopic (exact) mass is 361 g/mol. The molecule has 5 heteroatoms. The fraction of sp³-hybridized carbons (Fsp3) is 0.318.